The first-order valence-electron chi connectivity index (χ1n) is 6.29. The zero-order chi connectivity index (χ0) is 12.4. The van der Waals surface area contributed by atoms with E-state index in [1.165, 1.54) is 12.8 Å². The second-order valence-electron chi connectivity index (χ2n) is 5.19. The molecule has 94 valence electrons. The van der Waals surface area contributed by atoms with Gasteiger partial charge in [-0.2, -0.15) is 0 Å². The van der Waals surface area contributed by atoms with Gasteiger partial charge < -0.3 is 15.6 Å². The summed E-state index contributed by atoms with van der Waals surface area (Å²) in [6.07, 6.45) is 6.38. The van der Waals surface area contributed by atoms with Crippen molar-refractivity contribution in [2.45, 2.75) is 38.6 Å². The summed E-state index contributed by atoms with van der Waals surface area (Å²) >= 11 is 0. The molecule has 0 bridgehead atoms. The van der Waals surface area contributed by atoms with Gasteiger partial charge in [0, 0.05) is 25.0 Å². The highest BCUT2D eigenvalue weighted by molar-refractivity contribution is 5.93. The number of nitrogens with zero attached hydrogens (tertiary/aromatic N) is 1. The smallest absolute Gasteiger partial charge is 0.270 e. The maximum atomic E-state index is 12.2. The number of nitrogens with one attached hydrogen (secondary N) is 1. The molecule has 1 aromatic rings. The fourth-order valence-electron chi connectivity index (χ4n) is 2.64. The van der Waals surface area contributed by atoms with Crippen LogP contribution in [-0.4, -0.2) is 28.9 Å². The maximum absolute atomic E-state index is 12.2. The molecule has 17 heavy (non-hydrogen) atoms. The Hall–Kier alpha value is -1.45. The van der Waals surface area contributed by atoms with Crippen LogP contribution in [0.15, 0.2) is 12.3 Å². The molecule has 1 amide bonds. The van der Waals surface area contributed by atoms with Crippen molar-refractivity contribution in [1.82, 2.24) is 9.88 Å². The normalized spacial score (nSPS) is 24.6. The molecule has 3 N–H and O–H groups in total. The first-order valence-corrected chi connectivity index (χ1v) is 6.29. The van der Waals surface area contributed by atoms with Gasteiger partial charge in [-0.1, -0.05) is 19.8 Å². The maximum Gasteiger partial charge on any atom is 0.270 e. The van der Waals surface area contributed by atoms with Crippen molar-refractivity contribution >= 4 is 11.6 Å². The van der Waals surface area contributed by atoms with Crippen LogP contribution in [0.3, 0.4) is 0 Å². The molecule has 1 aliphatic rings. The molecule has 0 aromatic carbocycles. The summed E-state index contributed by atoms with van der Waals surface area (Å²) in [6, 6.07) is 2.07. The van der Waals surface area contributed by atoms with Crippen molar-refractivity contribution in [2.24, 2.45) is 5.92 Å². The van der Waals surface area contributed by atoms with E-state index in [9.17, 15) is 4.79 Å². The number of aromatic amines is 1. The first kappa shape index (κ1) is 12.0. The fraction of sp³-hybridized carbons (Fsp3) is 0.615. The Morgan fingerprint density at radius 3 is 2.88 bits per heavy atom. The number of rotatable bonds is 2. The van der Waals surface area contributed by atoms with E-state index in [0.717, 1.165) is 18.8 Å². The van der Waals surface area contributed by atoms with E-state index in [-0.39, 0.29) is 5.91 Å². The van der Waals surface area contributed by atoms with Crippen molar-refractivity contribution in [3.05, 3.63) is 18.0 Å². The minimum absolute atomic E-state index is 0.0424. The topological polar surface area (TPSA) is 62.1 Å². The third-order valence-corrected chi connectivity index (χ3v) is 3.71. The molecular formula is C13H21N3O. The number of H-pyrrole nitrogens is 1. The van der Waals surface area contributed by atoms with E-state index in [4.69, 9.17) is 5.73 Å². The molecule has 0 aliphatic heterocycles. The van der Waals surface area contributed by atoms with Crippen molar-refractivity contribution in [3.63, 3.8) is 0 Å². The van der Waals surface area contributed by atoms with E-state index in [1.54, 1.807) is 12.3 Å². The Labute approximate surface area is 102 Å². The highest BCUT2D eigenvalue weighted by Gasteiger charge is 2.26. The van der Waals surface area contributed by atoms with Gasteiger partial charge in [-0.3, -0.25) is 4.79 Å². The van der Waals surface area contributed by atoms with Crippen LogP contribution in [0.1, 0.15) is 43.1 Å². The van der Waals surface area contributed by atoms with Crippen molar-refractivity contribution in [3.8, 4) is 0 Å². The Kier molecular flexibility index (Phi) is 3.41. The van der Waals surface area contributed by atoms with Gasteiger partial charge in [0.05, 0.1) is 0 Å². The van der Waals surface area contributed by atoms with Gasteiger partial charge >= 0.3 is 0 Å². The quantitative estimate of drug-likeness (QED) is 0.825. The van der Waals surface area contributed by atoms with Crippen molar-refractivity contribution in [2.75, 3.05) is 12.8 Å². The Balaban J connectivity index is 2.04. The zero-order valence-corrected chi connectivity index (χ0v) is 10.6. The van der Waals surface area contributed by atoms with Gasteiger partial charge in [-0.25, -0.2) is 0 Å². The van der Waals surface area contributed by atoms with E-state index in [0.29, 0.717) is 17.4 Å². The van der Waals surface area contributed by atoms with Crippen molar-refractivity contribution in [1.29, 1.82) is 0 Å². The molecule has 0 saturated heterocycles. The minimum atomic E-state index is 0.0424. The summed E-state index contributed by atoms with van der Waals surface area (Å²) in [7, 11) is 1.89. The Morgan fingerprint density at radius 1 is 1.53 bits per heavy atom. The number of carbonyl (C=O) groups is 1. The molecular weight excluding hydrogens is 214 g/mol. The average molecular weight is 235 g/mol. The fourth-order valence-corrected chi connectivity index (χ4v) is 2.64. The van der Waals surface area contributed by atoms with Crippen molar-refractivity contribution < 1.29 is 4.79 Å². The number of hydrogen-bond acceptors (Lipinski definition) is 2. The van der Waals surface area contributed by atoms with Crippen LogP contribution in [0.4, 0.5) is 5.69 Å². The molecule has 4 nitrogen and oxygen atoms in total. The molecule has 1 saturated carbocycles. The van der Waals surface area contributed by atoms with Gasteiger partial charge in [0.2, 0.25) is 0 Å². The molecule has 2 rings (SSSR count). The molecule has 1 heterocycles. The molecule has 1 aromatic heterocycles. The zero-order valence-electron chi connectivity index (χ0n) is 10.6. The van der Waals surface area contributed by atoms with E-state index >= 15 is 0 Å². The summed E-state index contributed by atoms with van der Waals surface area (Å²) in [4.78, 5) is 17.0. The summed E-state index contributed by atoms with van der Waals surface area (Å²) < 4.78 is 0. The lowest BCUT2D eigenvalue weighted by Crippen LogP contribution is -2.39. The van der Waals surface area contributed by atoms with E-state index in [1.807, 2.05) is 11.9 Å². The van der Waals surface area contributed by atoms with Crippen LogP contribution in [0.2, 0.25) is 0 Å². The van der Waals surface area contributed by atoms with Gasteiger partial charge in [-0.15, -0.1) is 0 Å². The largest absolute Gasteiger partial charge is 0.397 e. The third-order valence-electron chi connectivity index (χ3n) is 3.71. The second kappa shape index (κ2) is 4.82. The summed E-state index contributed by atoms with van der Waals surface area (Å²) in [5.41, 5.74) is 6.81. The first-order chi connectivity index (χ1) is 8.08. The van der Waals surface area contributed by atoms with Crippen LogP contribution >= 0.6 is 0 Å². The monoisotopic (exact) mass is 235 g/mol. The molecule has 1 fully saturated rings. The predicted octanol–water partition coefficient (Wildman–Crippen LogP) is 2.25. The van der Waals surface area contributed by atoms with Crippen LogP contribution in [-0.2, 0) is 0 Å². The predicted molar refractivity (Wildman–Crippen MR) is 68.7 cm³/mol. The lowest BCUT2D eigenvalue weighted by Gasteiger charge is -2.33. The third kappa shape index (κ3) is 2.62. The number of anilines is 1. The van der Waals surface area contributed by atoms with Crippen LogP contribution in [0.25, 0.3) is 0 Å². The lowest BCUT2D eigenvalue weighted by atomic mass is 9.86. The highest BCUT2D eigenvalue weighted by atomic mass is 16.2. The molecule has 2 unspecified atom stereocenters. The number of aromatic nitrogens is 1. The van der Waals surface area contributed by atoms with Gasteiger partial charge in [0.1, 0.15) is 5.69 Å². The van der Waals surface area contributed by atoms with Gasteiger partial charge in [-0.05, 0) is 24.8 Å². The molecule has 2 atom stereocenters. The Morgan fingerprint density at radius 2 is 2.29 bits per heavy atom. The number of amides is 1. The Bertz CT molecular complexity index is 399. The number of hydrogen-bond donors (Lipinski definition) is 2. The van der Waals surface area contributed by atoms with Crippen LogP contribution in [0.5, 0.6) is 0 Å². The number of carbonyl (C=O) groups excluding carboxylic acids is 1. The average Bonchev–Trinajstić information content (AvgIpc) is 2.74. The van der Waals surface area contributed by atoms with Gasteiger partial charge in [0.25, 0.3) is 5.91 Å². The molecule has 1 aliphatic carbocycles. The molecule has 4 heteroatoms. The standard InChI is InChI=1S/C13H21N3O/c1-9-4-3-5-11(6-9)16(2)13(17)12-7-10(14)8-15-12/h7-9,11,15H,3-6,14H2,1-2H3. The second-order valence-corrected chi connectivity index (χ2v) is 5.19. The number of nitrogens with two attached hydrogens (primary N) is 1. The summed E-state index contributed by atoms with van der Waals surface area (Å²) in [6.45, 7) is 2.26. The molecule has 0 radical (unpaired) electrons. The summed E-state index contributed by atoms with van der Waals surface area (Å²) in [5.74, 6) is 0.763. The van der Waals surface area contributed by atoms with Crippen LogP contribution in [0, 0.1) is 5.92 Å². The minimum Gasteiger partial charge on any atom is -0.397 e. The SMILES string of the molecule is CC1CCCC(N(C)C(=O)c2cc(N)c[nH]2)C1. The molecule has 0 spiro atoms. The van der Waals surface area contributed by atoms with E-state index in [2.05, 4.69) is 11.9 Å². The lowest BCUT2D eigenvalue weighted by molar-refractivity contribution is 0.0667. The summed E-state index contributed by atoms with van der Waals surface area (Å²) in [5, 5.41) is 0. The highest BCUT2D eigenvalue weighted by Crippen LogP contribution is 2.27. The van der Waals surface area contributed by atoms with Crippen LogP contribution < -0.4 is 5.73 Å². The van der Waals surface area contributed by atoms with E-state index < -0.39 is 0 Å². The number of nitrogen functional groups attached to an aromatic ring is 1. The van der Waals surface area contributed by atoms with Gasteiger partial charge in [0.15, 0.2) is 0 Å².